The van der Waals surface area contributed by atoms with Gasteiger partial charge < -0.3 is 23.3 Å². The Morgan fingerprint density at radius 3 is 2.02 bits per heavy atom. The second-order valence-electron chi connectivity index (χ2n) is 14.9. The number of rotatable bonds is 17. The molecule has 2 amide bonds. The van der Waals surface area contributed by atoms with E-state index in [0.717, 1.165) is 31.7 Å². The van der Waals surface area contributed by atoms with Crippen LogP contribution in [-0.4, -0.2) is 117 Å². The van der Waals surface area contributed by atoms with E-state index in [1.807, 2.05) is 61.1 Å². The molecule has 0 bridgehead atoms. The van der Waals surface area contributed by atoms with Crippen molar-refractivity contribution in [2.24, 2.45) is 0 Å². The fourth-order valence-corrected chi connectivity index (χ4v) is 7.74. The maximum Gasteiger partial charge on any atom is 0.276 e. The highest BCUT2D eigenvalue weighted by molar-refractivity contribution is 6.04. The van der Waals surface area contributed by atoms with E-state index in [4.69, 9.17) is 24.2 Å². The topological polar surface area (TPSA) is 226 Å². The molecule has 6 heterocycles. The number of carbonyl (C=O) groups is 2. The SMILES string of the molecule is CCn1nc(C)cc1C(=O)Nc1nc2cc(-c3ncn[nH]3)cc(OC)c2n1C/C=C/Cn1c(NC(=O)c2cc(C)nn2CC)nc2cc(C#N)cc(OCCCN3CCOCC3)c21. The van der Waals surface area contributed by atoms with Gasteiger partial charge in [-0.2, -0.15) is 20.6 Å². The van der Waals surface area contributed by atoms with E-state index >= 15 is 0 Å². The minimum absolute atomic E-state index is 0.240. The number of methoxy groups -OCH3 is 1. The highest BCUT2D eigenvalue weighted by Crippen LogP contribution is 2.35. The molecule has 20 nitrogen and oxygen atoms in total. The van der Waals surface area contributed by atoms with E-state index in [1.54, 1.807) is 40.7 Å². The molecule has 2 aromatic carbocycles. The summed E-state index contributed by atoms with van der Waals surface area (Å²) in [6.45, 7) is 13.4. The lowest BCUT2D eigenvalue weighted by atomic mass is 10.1. The Bertz CT molecular complexity index is 2840. The van der Waals surface area contributed by atoms with E-state index in [2.05, 4.69) is 47.0 Å². The van der Waals surface area contributed by atoms with Gasteiger partial charge in [0.1, 0.15) is 40.2 Å². The number of nitriles is 1. The predicted octanol–water partition coefficient (Wildman–Crippen LogP) is 4.96. The van der Waals surface area contributed by atoms with Gasteiger partial charge in [-0.25, -0.2) is 15.0 Å². The van der Waals surface area contributed by atoms with Crippen molar-refractivity contribution in [2.45, 2.75) is 60.3 Å². The van der Waals surface area contributed by atoms with Gasteiger partial charge in [-0.15, -0.1) is 0 Å². The van der Waals surface area contributed by atoms with E-state index in [0.29, 0.717) is 101 Å². The van der Waals surface area contributed by atoms with Gasteiger partial charge in [-0.3, -0.25) is 39.6 Å². The molecular weight excluding hydrogens is 807 g/mol. The molecule has 8 rings (SSSR count). The first kappa shape index (κ1) is 42.3. The van der Waals surface area contributed by atoms with E-state index in [-0.39, 0.29) is 36.8 Å². The van der Waals surface area contributed by atoms with Crippen molar-refractivity contribution < 1.29 is 23.8 Å². The van der Waals surface area contributed by atoms with E-state index in [9.17, 15) is 14.9 Å². The highest BCUT2D eigenvalue weighted by atomic mass is 16.5. The molecule has 63 heavy (non-hydrogen) atoms. The monoisotopic (exact) mass is 855 g/mol. The van der Waals surface area contributed by atoms with Crippen molar-refractivity contribution in [3.63, 3.8) is 0 Å². The van der Waals surface area contributed by atoms with Gasteiger partial charge in [0.15, 0.2) is 5.82 Å². The first-order chi connectivity index (χ1) is 30.7. The van der Waals surface area contributed by atoms with E-state index < -0.39 is 0 Å². The van der Waals surface area contributed by atoms with Crippen LogP contribution in [-0.2, 0) is 30.9 Å². The lowest BCUT2D eigenvalue weighted by molar-refractivity contribution is 0.0358. The Morgan fingerprint density at radius 2 is 1.46 bits per heavy atom. The summed E-state index contributed by atoms with van der Waals surface area (Å²) < 4.78 is 24.8. The Hall–Kier alpha value is -7.37. The zero-order valence-corrected chi connectivity index (χ0v) is 35.9. The number of aromatic amines is 1. The lowest BCUT2D eigenvalue weighted by Gasteiger charge is -2.26. The second kappa shape index (κ2) is 18.7. The van der Waals surface area contributed by atoms with Crippen molar-refractivity contribution in [2.75, 3.05) is 57.2 Å². The Labute approximate surface area is 362 Å². The number of carbonyl (C=O) groups excluding carboxylic acids is 2. The van der Waals surface area contributed by atoms with Crippen LogP contribution in [0.25, 0.3) is 33.5 Å². The Kier molecular flexibility index (Phi) is 12.6. The van der Waals surface area contributed by atoms with Crippen LogP contribution in [0.4, 0.5) is 11.9 Å². The number of benzene rings is 2. The third-order valence-corrected chi connectivity index (χ3v) is 10.7. The number of morpholine rings is 1. The molecule has 0 atom stereocenters. The standard InChI is InChI=1S/C43H49N15O5/c1-6-57-33(19-27(3)52-57)40(59)49-42-47-31-21-29(25-44)22-36(63-16-10-11-54-14-17-62-18-15-54)38(31)56(42)13-9-8-12-55-37-32(23-30(24-35(37)61-5)39-45-26-46-51-39)48-43(55)50-41(60)34-20-28(4)53-58(34)7-2/h8-9,19-24,26H,6-7,10-18H2,1-5H3,(H,45,46,51)(H,47,49,59)(H,48,50,60)/b9-8+. The van der Waals surface area contributed by atoms with Crippen molar-refractivity contribution in [1.29, 1.82) is 5.26 Å². The molecule has 5 aromatic heterocycles. The van der Waals surface area contributed by atoms with Crippen LogP contribution in [0.1, 0.15) is 58.2 Å². The van der Waals surface area contributed by atoms with Crippen LogP contribution in [0.5, 0.6) is 11.5 Å². The number of allylic oxidation sites excluding steroid dienone is 2. The molecule has 3 N–H and O–H groups in total. The van der Waals surface area contributed by atoms with Crippen LogP contribution >= 0.6 is 0 Å². The number of imidazole rings is 2. The summed E-state index contributed by atoms with van der Waals surface area (Å²) in [7, 11) is 1.57. The summed E-state index contributed by atoms with van der Waals surface area (Å²) in [5.41, 5.74) is 5.60. The van der Waals surface area contributed by atoms with Crippen LogP contribution in [0.15, 0.2) is 54.9 Å². The largest absolute Gasteiger partial charge is 0.494 e. The minimum atomic E-state index is -0.381. The number of nitrogens with one attached hydrogen (secondary N) is 3. The van der Waals surface area contributed by atoms with Gasteiger partial charge in [-0.05, 0) is 64.4 Å². The zero-order chi connectivity index (χ0) is 44.0. The number of ether oxygens (including phenoxy) is 3. The smallest absolute Gasteiger partial charge is 0.276 e. The van der Waals surface area contributed by atoms with Crippen molar-refractivity contribution in [1.82, 2.24) is 58.7 Å². The number of hydrogen-bond acceptors (Lipinski definition) is 13. The summed E-state index contributed by atoms with van der Waals surface area (Å²) in [6.07, 6.45) is 6.05. The van der Waals surface area contributed by atoms with Crippen LogP contribution in [0.3, 0.4) is 0 Å². The fourth-order valence-electron chi connectivity index (χ4n) is 7.74. The van der Waals surface area contributed by atoms with Gasteiger partial charge in [-0.1, -0.05) is 12.2 Å². The van der Waals surface area contributed by atoms with Gasteiger partial charge in [0.05, 0.1) is 61.0 Å². The quantitative estimate of drug-likeness (QED) is 0.0814. The summed E-state index contributed by atoms with van der Waals surface area (Å²) in [5.74, 6) is 1.31. The number of fused-ring (bicyclic) bond motifs is 2. The first-order valence-electron chi connectivity index (χ1n) is 20.9. The molecular formula is C43H49N15O5. The van der Waals surface area contributed by atoms with Gasteiger partial charge >= 0.3 is 0 Å². The van der Waals surface area contributed by atoms with Gasteiger partial charge in [0.25, 0.3) is 11.8 Å². The number of nitrogens with zero attached hydrogens (tertiary/aromatic N) is 12. The Balaban J connectivity index is 1.14. The third-order valence-electron chi connectivity index (χ3n) is 10.7. The number of anilines is 2. The molecule has 0 radical (unpaired) electrons. The Morgan fingerprint density at radius 1 is 0.857 bits per heavy atom. The molecule has 0 spiro atoms. The van der Waals surface area contributed by atoms with Crippen molar-refractivity contribution in [3.05, 3.63) is 83.2 Å². The summed E-state index contributed by atoms with van der Waals surface area (Å²) in [4.78, 5) is 44.0. The average molecular weight is 856 g/mol. The first-order valence-corrected chi connectivity index (χ1v) is 20.9. The molecule has 1 saturated heterocycles. The average Bonchev–Trinajstić information content (AvgIpc) is 4.14. The van der Waals surface area contributed by atoms with Crippen LogP contribution in [0, 0.1) is 25.2 Å². The molecule has 0 unspecified atom stereocenters. The summed E-state index contributed by atoms with van der Waals surface area (Å²) in [6, 6.07) is 12.8. The molecule has 326 valence electrons. The molecule has 0 aliphatic carbocycles. The fraction of sp³-hybridized carbons (Fsp3) is 0.372. The van der Waals surface area contributed by atoms with E-state index in [1.165, 1.54) is 6.33 Å². The number of aromatic nitrogens is 11. The highest BCUT2D eigenvalue weighted by Gasteiger charge is 2.23. The maximum atomic E-state index is 13.8. The summed E-state index contributed by atoms with van der Waals surface area (Å²) >= 11 is 0. The lowest BCUT2D eigenvalue weighted by Crippen LogP contribution is -2.37. The van der Waals surface area contributed by atoms with Crippen LogP contribution < -0.4 is 20.1 Å². The summed E-state index contributed by atoms with van der Waals surface area (Å²) in [5, 5.41) is 31.8. The number of H-pyrrole nitrogens is 1. The molecule has 1 fully saturated rings. The molecule has 7 aromatic rings. The number of aryl methyl sites for hydroxylation is 4. The van der Waals surface area contributed by atoms with Crippen molar-refractivity contribution in [3.8, 4) is 29.0 Å². The zero-order valence-electron chi connectivity index (χ0n) is 35.9. The molecule has 1 aliphatic heterocycles. The third kappa shape index (κ3) is 9.01. The normalized spacial score (nSPS) is 13.3. The molecule has 20 heteroatoms. The number of amides is 2. The minimum Gasteiger partial charge on any atom is -0.494 e. The predicted molar refractivity (Wildman–Crippen MR) is 234 cm³/mol. The molecule has 1 aliphatic rings. The second-order valence-corrected chi connectivity index (χ2v) is 14.9. The van der Waals surface area contributed by atoms with Gasteiger partial charge in [0.2, 0.25) is 11.9 Å². The van der Waals surface area contributed by atoms with Crippen molar-refractivity contribution >= 4 is 45.8 Å². The van der Waals surface area contributed by atoms with Crippen LogP contribution in [0.2, 0.25) is 0 Å². The number of hydrogen-bond donors (Lipinski definition) is 3. The van der Waals surface area contributed by atoms with Gasteiger partial charge in [0, 0.05) is 57.4 Å². The molecule has 0 saturated carbocycles. The maximum absolute atomic E-state index is 13.8.